The molecule has 1 aromatic heterocycles. The van der Waals surface area contributed by atoms with E-state index in [1.54, 1.807) is 0 Å². The standard InChI is InChI=1S/C17H25N3/c1-11(2)20-15(6)17(14(5)19-20)18-10-16-9-12(3)7-8-13(16)4/h7-9,11,18H,10H2,1-6H3. The summed E-state index contributed by atoms with van der Waals surface area (Å²) in [5.41, 5.74) is 7.43. The highest BCUT2D eigenvalue weighted by Crippen LogP contribution is 2.23. The molecule has 0 aliphatic heterocycles. The normalized spacial score (nSPS) is 11.2. The van der Waals surface area contributed by atoms with Crippen molar-refractivity contribution in [3.05, 3.63) is 46.3 Å². The fourth-order valence-corrected chi connectivity index (χ4v) is 2.60. The summed E-state index contributed by atoms with van der Waals surface area (Å²) >= 11 is 0. The summed E-state index contributed by atoms with van der Waals surface area (Å²) in [6.45, 7) is 13.7. The summed E-state index contributed by atoms with van der Waals surface area (Å²) in [4.78, 5) is 0. The van der Waals surface area contributed by atoms with E-state index in [4.69, 9.17) is 0 Å². The lowest BCUT2D eigenvalue weighted by molar-refractivity contribution is 0.516. The van der Waals surface area contributed by atoms with Gasteiger partial charge in [0.05, 0.1) is 17.1 Å². The molecule has 0 radical (unpaired) electrons. The van der Waals surface area contributed by atoms with Crippen LogP contribution in [0.4, 0.5) is 5.69 Å². The lowest BCUT2D eigenvalue weighted by atomic mass is 10.1. The first kappa shape index (κ1) is 14.6. The van der Waals surface area contributed by atoms with Gasteiger partial charge in [-0.3, -0.25) is 4.68 Å². The van der Waals surface area contributed by atoms with Crippen LogP contribution in [0.25, 0.3) is 0 Å². The van der Waals surface area contributed by atoms with E-state index in [9.17, 15) is 0 Å². The molecule has 0 fully saturated rings. The monoisotopic (exact) mass is 271 g/mol. The maximum atomic E-state index is 4.62. The van der Waals surface area contributed by atoms with Crippen LogP contribution in [0.2, 0.25) is 0 Å². The predicted molar refractivity (Wildman–Crippen MR) is 85.3 cm³/mol. The first-order valence-electron chi connectivity index (χ1n) is 7.26. The third-order valence-electron chi connectivity index (χ3n) is 3.77. The lowest BCUT2D eigenvalue weighted by Gasteiger charge is -2.12. The van der Waals surface area contributed by atoms with Crippen LogP contribution in [-0.2, 0) is 6.54 Å². The Morgan fingerprint density at radius 2 is 1.85 bits per heavy atom. The highest BCUT2D eigenvalue weighted by molar-refractivity contribution is 5.53. The van der Waals surface area contributed by atoms with Crippen molar-refractivity contribution in [2.24, 2.45) is 0 Å². The van der Waals surface area contributed by atoms with Crippen LogP contribution in [0.3, 0.4) is 0 Å². The molecule has 2 rings (SSSR count). The smallest absolute Gasteiger partial charge is 0.0828 e. The molecule has 0 aliphatic rings. The van der Waals surface area contributed by atoms with Gasteiger partial charge in [0.25, 0.3) is 0 Å². The molecule has 0 saturated heterocycles. The molecule has 1 heterocycles. The summed E-state index contributed by atoms with van der Waals surface area (Å²) < 4.78 is 2.08. The van der Waals surface area contributed by atoms with Crippen molar-refractivity contribution in [3.8, 4) is 0 Å². The van der Waals surface area contributed by atoms with Crippen LogP contribution >= 0.6 is 0 Å². The number of aromatic nitrogens is 2. The molecule has 108 valence electrons. The average Bonchev–Trinajstić information content (AvgIpc) is 2.67. The van der Waals surface area contributed by atoms with Gasteiger partial charge >= 0.3 is 0 Å². The number of benzene rings is 1. The van der Waals surface area contributed by atoms with Crippen molar-refractivity contribution < 1.29 is 0 Å². The van der Waals surface area contributed by atoms with Crippen molar-refractivity contribution in [2.75, 3.05) is 5.32 Å². The Labute approximate surface area is 122 Å². The third kappa shape index (κ3) is 2.87. The van der Waals surface area contributed by atoms with Crippen LogP contribution in [0.15, 0.2) is 18.2 Å². The Bertz CT molecular complexity index is 609. The molecule has 0 atom stereocenters. The molecule has 3 nitrogen and oxygen atoms in total. The zero-order valence-electron chi connectivity index (χ0n) is 13.4. The van der Waals surface area contributed by atoms with E-state index >= 15 is 0 Å². The van der Waals surface area contributed by atoms with E-state index in [2.05, 4.69) is 74.8 Å². The Morgan fingerprint density at radius 1 is 1.15 bits per heavy atom. The number of hydrogen-bond acceptors (Lipinski definition) is 2. The van der Waals surface area contributed by atoms with Crippen LogP contribution in [0.1, 0.15) is 48.0 Å². The summed E-state index contributed by atoms with van der Waals surface area (Å²) in [7, 11) is 0. The molecule has 0 unspecified atom stereocenters. The van der Waals surface area contributed by atoms with Crippen molar-refractivity contribution in [3.63, 3.8) is 0 Å². The number of hydrogen-bond donors (Lipinski definition) is 1. The van der Waals surface area contributed by atoms with Crippen LogP contribution in [0.5, 0.6) is 0 Å². The second-order valence-corrected chi connectivity index (χ2v) is 5.87. The summed E-state index contributed by atoms with van der Waals surface area (Å²) in [6, 6.07) is 6.99. The van der Waals surface area contributed by atoms with Crippen molar-refractivity contribution in [1.29, 1.82) is 0 Å². The fourth-order valence-electron chi connectivity index (χ4n) is 2.60. The van der Waals surface area contributed by atoms with Gasteiger partial charge < -0.3 is 5.32 Å². The van der Waals surface area contributed by atoms with E-state index in [-0.39, 0.29) is 0 Å². The van der Waals surface area contributed by atoms with Gasteiger partial charge in [-0.1, -0.05) is 23.8 Å². The van der Waals surface area contributed by atoms with Crippen molar-refractivity contribution >= 4 is 5.69 Å². The highest BCUT2D eigenvalue weighted by atomic mass is 15.3. The molecule has 1 aromatic carbocycles. The minimum atomic E-state index is 0.393. The number of aryl methyl sites for hydroxylation is 3. The van der Waals surface area contributed by atoms with Gasteiger partial charge in [0.2, 0.25) is 0 Å². The Hall–Kier alpha value is -1.77. The highest BCUT2D eigenvalue weighted by Gasteiger charge is 2.13. The van der Waals surface area contributed by atoms with Gasteiger partial charge in [0.15, 0.2) is 0 Å². The summed E-state index contributed by atoms with van der Waals surface area (Å²) in [6.07, 6.45) is 0. The zero-order chi connectivity index (χ0) is 14.9. The van der Waals surface area contributed by atoms with Crippen LogP contribution in [0, 0.1) is 27.7 Å². The minimum absolute atomic E-state index is 0.393. The maximum absolute atomic E-state index is 4.62. The number of anilines is 1. The molecule has 3 heteroatoms. The quantitative estimate of drug-likeness (QED) is 0.898. The van der Waals surface area contributed by atoms with Gasteiger partial charge in [-0.2, -0.15) is 5.10 Å². The first-order valence-corrected chi connectivity index (χ1v) is 7.26. The van der Waals surface area contributed by atoms with E-state index in [1.807, 2.05) is 0 Å². The van der Waals surface area contributed by atoms with Crippen LogP contribution < -0.4 is 5.32 Å². The number of nitrogens with zero attached hydrogens (tertiary/aromatic N) is 2. The Balaban J connectivity index is 2.21. The second-order valence-electron chi connectivity index (χ2n) is 5.87. The maximum Gasteiger partial charge on any atom is 0.0828 e. The topological polar surface area (TPSA) is 29.9 Å². The Kier molecular flexibility index (Phi) is 4.17. The summed E-state index contributed by atoms with van der Waals surface area (Å²) in [5, 5.41) is 8.17. The molecule has 20 heavy (non-hydrogen) atoms. The summed E-state index contributed by atoms with van der Waals surface area (Å²) in [5.74, 6) is 0. The fraction of sp³-hybridized carbons (Fsp3) is 0.471. The van der Waals surface area contributed by atoms with Gasteiger partial charge in [-0.05, 0) is 52.7 Å². The predicted octanol–water partition coefficient (Wildman–Crippen LogP) is 4.31. The average molecular weight is 271 g/mol. The molecular weight excluding hydrogens is 246 g/mol. The van der Waals surface area contributed by atoms with Gasteiger partial charge in [-0.25, -0.2) is 0 Å². The second kappa shape index (κ2) is 5.70. The molecular formula is C17H25N3. The largest absolute Gasteiger partial charge is 0.378 e. The van der Waals surface area contributed by atoms with Gasteiger partial charge in [-0.15, -0.1) is 0 Å². The van der Waals surface area contributed by atoms with Gasteiger partial charge in [0, 0.05) is 12.6 Å². The van der Waals surface area contributed by atoms with Crippen LogP contribution in [-0.4, -0.2) is 9.78 Å². The number of nitrogens with one attached hydrogen (secondary N) is 1. The van der Waals surface area contributed by atoms with Crippen molar-refractivity contribution in [2.45, 2.75) is 54.1 Å². The molecule has 0 spiro atoms. The van der Waals surface area contributed by atoms with E-state index < -0.39 is 0 Å². The van der Waals surface area contributed by atoms with Gasteiger partial charge in [0.1, 0.15) is 0 Å². The van der Waals surface area contributed by atoms with E-state index in [0.717, 1.165) is 12.2 Å². The molecule has 0 bridgehead atoms. The molecule has 0 amide bonds. The first-order chi connectivity index (χ1) is 9.40. The zero-order valence-corrected chi connectivity index (χ0v) is 13.4. The SMILES string of the molecule is Cc1ccc(C)c(CNc2c(C)nn(C(C)C)c2C)c1. The van der Waals surface area contributed by atoms with Crippen molar-refractivity contribution in [1.82, 2.24) is 9.78 Å². The lowest BCUT2D eigenvalue weighted by Crippen LogP contribution is -2.06. The van der Waals surface area contributed by atoms with E-state index in [1.165, 1.54) is 28.1 Å². The molecule has 2 aromatic rings. The third-order valence-corrected chi connectivity index (χ3v) is 3.77. The Morgan fingerprint density at radius 3 is 2.45 bits per heavy atom. The minimum Gasteiger partial charge on any atom is -0.378 e. The molecule has 1 N–H and O–H groups in total. The van der Waals surface area contributed by atoms with E-state index in [0.29, 0.717) is 6.04 Å². The number of rotatable bonds is 4. The molecule has 0 saturated carbocycles. The molecule has 0 aliphatic carbocycles.